The minimum atomic E-state index is -3.94. The third-order valence-corrected chi connectivity index (χ3v) is 6.62. The number of hydrogen-bond acceptors (Lipinski definition) is 4. The fraction of sp³-hybridized carbons (Fsp3) is 0.474. The number of nitro benzene ring substituents is 1. The highest BCUT2D eigenvalue weighted by molar-refractivity contribution is 7.89. The molecule has 1 aromatic carbocycles. The smallest absolute Gasteiger partial charge is 0.258 e. The van der Waals surface area contributed by atoms with Crippen molar-refractivity contribution in [3.63, 3.8) is 0 Å². The number of rotatable bonds is 8. The molecule has 6 nitrogen and oxygen atoms in total. The van der Waals surface area contributed by atoms with Crippen molar-refractivity contribution < 1.29 is 13.3 Å². The Hall–Kier alpha value is -1.99. The van der Waals surface area contributed by atoms with E-state index in [4.69, 9.17) is 0 Å². The summed E-state index contributed by atoms with van der Waals surface area (Å²) in [4.78, 5) is 10.4. The van der Waals surface area contributed by atoms with Gasteiger partial charge in [-0.25, -0.2) is 8.42 Å². The minimum absolute atomic E-state index is 0.0859. The van der Waals surface area contributed by atoms with E-state index in [2.05, 4.69) is 13.5 Å². The van der Waals surface area contributed by atoms with Gasteiger partial charge in [-0.05, 0) is 31.2 Å². The normalized spacial score (nSPS) is 18.8. The van der Waals surface area contributed by atoms with Crippen LogP contribution in [0.3, 0.4) is 0 Å². The Bertz CT molecular complexity index is 815. The van der Waals surface area contributed by atoms with Gasteiger partial charge in [0.05, 0.1) is 4.92 Å². The zero-order valence-electron chi connectivity index (χ0n) is 15.3. The summed E-state index contributed by atoms with van der Waals surface area (Å²) in [6.45, 7) is 8.55. The highest BCUT2D eigenvalue weighted by Crippen LogP contribution is 2.34. The van der Waals surface area contributed by atoms with E-state index in [1.807, 2.05) is 6.92 Å². The van der Waals surface area contributed by atoms with Crippen molar-refractivity contribution in [3.8, 4) is 0 Å². The molecule has 0 radical (unpaired) electrons. The van der Waals surface area contributed by atoms with Crippen molar-refractivity contribution in [2.75, 3.05) is 13.1 Å². The van der Waals surface area contributed by atoms with Crippen LogP contribution in [0.1, 0.15) is 39.5 Å². The van der Waals surface area contributed by atoms with Gasteiger partial charge in [0.1, 0.15) is 0 Å². The van der Waals surface area contributed by atoms with Gasteiger partial charge >= 0.3 is 0 Å². The van der Waals surface area contributed by atoms with Crippen molar-refractivity contribution in [2.24, 2.45) is 5.92 Å². The summed E-state index contributed by atoms with van der Waals surface area (Å²) in [6.07, 6.45) is 5.52. The van der Waals surface area contributed by atoms with Gasteiger partial charge < -0.3 is 0 Å². The van der Waals surface area contributed by atoms with Crippen molar-refractivity contribution in [2.45, 2.75) is 44.4 Å². The monoisotopic (exact) mass is 378 g/mol. The molecule has 1 heterocycles. The molecule has 1 atom stereocenters. The molecule has 2 rings (SSSR count). The van der Waals surface area contributed by atoms with Gasteiger partial charge in [0.25, 0.3) is 5.69 Å². The zero-order valence-corrected chi connectivity index (χ0v) is 16.2. The third-order valence-electron chi connectivity index (χ3n) is 4.76. The van der Waals surface area contributed by atoms with Crippen molar-refractivity contribution >= 4 is 15.7 Å². The van der Waals surface area contributed by atoms with Gasteiger partial charge in [-0.2, -0.15) is 4.31 Å². The fourth-order valence-corrected chi connectivity index (χ4v) is 5.13. The van der Waals surface area contributed by atoms with E-state index in [0.29, 0.717) is 13.0 Å². The lowest BCUT2D eigenvalue weighted by atomic mass is 9.87. The SMILES string of the molecule is C=CCC1=C(CCCC)C(C)CN(S(=O)(=O)c2ccccc2[N+](=O)[O-])C1. The first-order valence-electron chi connectivity index (χ1n) is 8.88. The largest absolute Gasteiger partial charge is 0.289 e. The number of para-hydroxylation sites is 1. The van der Waals surface area contributed by atoms with Gasteiger partial charge in [0.15, 0.2) is 4.90 Å². The number of benzene rings is 1. The molecule has 0 aromatic heterocycles. The van der Waals surface area contributed by atoms with E-state index in [1.54, 1.807) is 6.08 Å². The topological polar surface area (TPSA) is 80.5 Å². The molecule has 1 aliphatic heterocycles. The molecular formula is C19H26N2O4S. The minimum Gasteiger partial charge on any atom is -0.258 e. The number of hydrogen-bond donors (Lipinski definition) is 0. The summed E-state index contributed by atoms with van der Waals surface area (Å²) in [5.74, 6) is 0.0859. The highest BCUT2D eigenvalue weighted by atomic mass is 32.2. The highest BCUT2D eigenvalue weighted by Gasteiger charge is 2.35. The van der Waals surface area contributed by atoms with Crippen molar-refractivity contribution in [3.05, 3.63) is 58.2 Å². The Morgan fingerprint density at radius 1 is 1.38 bits per heavy atom. The molecule has 1 unspecified atom stereocenters. The zero-order chi connectivity index (χ0) is 19.3. The molecule has 0 spiro atoms. The Balaban J connectivity index is 2.42. The maximum Gasteiger partial charge on any atom is 0.289 e. The number of nitro groups is 1. The summed E-state index contributed by atoms with van der Waals surface area (Å²) in [7, 11) is -3.94. The van der Waals surface area contributed by atoms with E-state index < -0.39 is 14.9 Å². The fourth-order valence-electron chi connectivity index (χ4n) is 3.45. The number of nitrogens with zero attached hydrogens (tertiary/aromatic N) is 2. The predicted molar refractivity (Wildman–Crippen MR) is 102 cm³/mol. The molecule has 7 heteroatoms. The lowest BCUT2D eigenvalue weighted by Crippen LogP contribution is -2.40. The second kappa shape index (κ2) is 8.60. The molecule has 0 bridgehead atoms. The van der Waals surface area contributed by atoms with Crippen LogP contribution in [0.5, 0.6) is 0 Å². The van der Waals surface area contributed by atoms with E-state index in [9.17, 15) is 18.5 Å². The molecule has 1 aromatic rings. The summed E-state index contributed by atoms with van der Waals surface area (Å²) in [6, 6.07) is 5.53. The maximum atomic E-state index is 13.1. The molecule has 0 saturated carbocycles. The standard InChI is InChI=1S/C19H26N2O4S/c1-4-6-10-17-15(3)13-20(14-16(17)9-5-2)26(24,25)19-12-8-7-11-18(19)21(22)23/h5,7-8,11-12,15H,2,4,6,9-10,13-14H2,1,3H3. The third kappa shape index (κ3) is 4.22. The average Bonchev–Trinajstić information content (AvgIpc) is 2.61. The Morgan fingerprint density at radius 2 is 2.08 bits per heavy atom. The maximum absolute atomic E-state index is 13.1. The summed E-state index contributed by atoms with van der Waals surface area (Å²) in [5.41, 5.74) is 1.99. The van der Waals surface area contributed by atoms with Crippen LogP contribution < -0.4 is 0 Å². The molecule has 1 aliphatic rings. The van der Waals surface area contributed by atoms with Gasteiger partial charge in [-0.1, -0.05) is 49.6 Å². The lowest BCUT2D eigenvalue weighted by molar-refractivity contribution is -0.387. The lowest BCUT2D eigenvalue weighted by Gasteiger charge is -2.34. The molecule has 0 aliphatic carbocycles. The Kier molecular flexibility index (Phi) is 6.72. The van der Waals surface area contributed by atoms with Crippen molar-refractivity contribution in [1.29, 1.82) is 0 Å². The van der Waals surface area contributed by atoms with Gasteiger partial charge in [-0.15, -0.1) is 6.58 Å². The van der Waals surface area contributed by atoms with Crippen LogP contribution in [0.4, 0.5) is 5.69 Å². The predicted octanol–water partition coefficient (Wildman–Crippen LogP) is 4.30. The summed E-state index contributed by atoms with van der Waals surface area (Å²) < 4.78 is 27.6. The van der Waals surface area contributed by atoms with Crippen LogP contribution in [0.15, 0.2) is 53.0 Å². The van der Waals surface area contributed by atoms with Crippen LogP contribution in [0.25, 0.3) is 0 Å². The summed E-state index contributed by atoms with van der Waals surface area (Å²) in [5, 5.41) is 11.3. The first-order chi connectivity index (χ1) is 12.3. The van der Waals surface area contributed by atoms with Gasteiger partial charge in [0.2, 0.25) is 10.0 Å². The second-order valence-corrected chi connectivity index (χ2v) is 8.55. The number of sulfonamides is 1. The molecule has 0 N–H and O–H groups in total. The first-order valence-corrected chi connectivity index (χ1v) is 10.3. The Labute approximate surface area is 155 Å². The van der Waals surface area contributed by atoms with E-state index in [1.165, 1.54) is 34.1 Å². The molecule has 0 fully saturated rings. The van der Waals surface area contributed by atoms with Crippen LogP contribution in [0, 0.1) is 16.0 Å². The summed E-state index contributed by atoms with van der Waals surface area (Å²) >= 11 is 0. The van der Waals surface area contributed by atoms with Gasteiger partial charge in [-0.3, -0.25) is 10.1 Å². The van der Waals surface area contributed by atoms with Crippen LogP contribution in [-0.4, -0.2) is 30.7 Å². The molecular weight excluding hydrogens is 352 g/mol. The van der Waals surface area contributed by atoms with Crippen LogP contribution in [-0.2, 0) is 10.0 Å². The molecule has 142 valence electrons. The van der Waals surface area contributed by atoms with E-state index >= 15 is 0 Å². The molecule has 26 heavy (non-hydrogen) atoms. The van der Waals surface area contributed by atoms with Crippen LogP contribution in [0.2, 0.25) is 0 Å². The van der Waals surface area contributed by atoms with Crippen molar-refractivity contribution in [1.82, 2.24) is 4.31 Å². The van der Waals surface area contributed by atoms with E-state index in [-0.39, 0.29) is 23.0 Å². The Morgan fingerprint density at radius 3 is 2.69 bits per heavy atom. The average molecular weight is 378 g/mol. The number of unbranched alkanes of at least 4 members (excludes halogenated alkanes) is 1. The van der Waals surface area contributed by atoms with Gasteiger partial charge in [0, 0.05) is 19.2 Å². The quantitative estimate of drug-likeness (QED) is 0.384. The molecule has 0 saturated heterocycles. The second-order valence-electron chi connectivity index (χ2n) is 6.65. The van der Waals surface area contributed by atoms with E-state index in [0.717, 1.165) is 24.8 Å². The van der Waals surface area contributed by atoms with Crippen LogP contribution >= 0.6 is 0 Å². The first kappa shape index (κ1) is 20.3. The molecule has 0 amide bonds. The number of allylic oxidation sites excluding steroid dienone is 1.